The summed E-state index contributed by atoms with van der Waals surface area (Å²) in [7, 11) is 0. The number of hydrogen-bond acceptors (Lipinski definition) is 5. The molecule has 1 fully saturated rings. The number of nitrogens with one attached hydrogen (secondary N) is 1. The van der Waals surface area contributed by atoms with Gasteiger partial charge in [-0.05, 0) is 12.8 Å². The van der Waals surface area contributed by atoms with Gasteiger partial charge in [-0.1, -0.05) is 0 Å². The summed E-state index contributed by atoms with van der Waals surface area (Å²) in [5.41, 5.74) is 0. The fraction of sp³-hybridized carbons (Fsp3) is 0.545. The number of aliphatic carboxylic acids is 1. The van der Waals surface area contributed by atoms with Gasteiger partial charge in [-0.3, -0.25) is 9.59 Å². The number of ether oxygens (including phenoxy) is 1. The first kappa shape index (κ1) is 13.0. The molecule has 1 saturated heterocycles. The lowest BCUT2D eigenvalue weighted by Gasteiger charge is -2.03. The molecule has 1 aliphatic rings. The summed E-state index contributed by atoms with van der Waals surface area (Å²) in [6, 6.07) is 0. The van der Waals surface area contributed by atoms with Crippen molar-refractivity contribution in [2.75, 3.05) is 13.2 Å². The van der Waals surface area contributed by atoms with Crippen molar-refractivity contribution in [3.05, 3.63) is 16.1 Å². The zero-order valence-corrected chi connectivity index (χ0v) is 10.5. The van der Waals surface area contributed by atoms with Gasteiger partial charge in [0.15, 0.2) is 0 Å². The molecule has 0 saturated carbocycles. The van der Waals surface area contributed by atoms with E-state index in [0.717, 1.165) is 24.5 Å². The monoisotopic (exact) mass is 270 g/mol. The number of carbonyl (C=O) groups excluding carboxylic acids is 1. The van der Waals surface area contributed by atoms with Gasteiger partial charge in [0.05, 0.1) is 12.6 Å². The molecular formula is C11H14N2O4S. The van der Waals surface area contributed by atoms with Crippen LogP contribution in [0, 0.1) is 0 Å². The van der Waals surface area contributed by atoms with E-state index in [2.05, 4.69) is 10.3 Å². The molecule has 1 aromatic heterocycles. The van der Waals surface area contributed by atoms with Gasteiger partial charge in [0.2, 0.25) is 0 Å². The van der Waals surface area contributed by atoms with E-state index in [1.165, 1.54) is 17.5 Å². The molecule has 6 nitrogen and oxygen atoms in total. The van der Waals surface area contributed by atoms with Gasteiger partial charge in [-0.15, -0.1) is 11.3 Å². The Bertz CT molecular complexity index is 440. The van der Waals surface area contributed by atoms with Crippen molar-refractivity contribution < 1.29 is 19.4 Å². The van der Waals surface area contributed by atoms with Crippen LogP contribution in [0.15, 0.2) is 6.20 Å². The highest BCUT2D eigenvalue weighted by Crippen LogP contribution is 2.31. The Morgan fingerprint density at radius 1 is 1.61 bits per heavy atom. The van der Waals surface area contributed by atoms with Gasteiger partial charge >= 0.3 is 5.97 Å². The van der Waals surface area contributed by atoms with Crippen LogP contribution in [0.1, 0.15) is 40.0 Å². The van der Waals surface area contributed by atoms with E-state index < -0.39 is 5.97 Å². The van der Waals surface area contributed by atoms with Crippen molar-refractivity contribution in [2.24, 2.45) is 0 Å². The molecule has 1 amide bonds. The summed E-state index contributed by atoms with van der Waals surface area (Å²) in [5.74, 6) is -1.21. The number of thiazole rings is 1. The first-order valence-corrected chi connectivity index (χ1v) is 6.56. The molecule has 1 unspecified atom stereocenters. The van der Waals surface area contributed by atoms with Crippen molar-refractivity contribution in [1.82, 2.24) is 10.3 Å². The summed E-state index contributed by atoms with van der Waals surface area (Å²) in [5, 5.41) is 11.8. The minimum Gasteiger partial charge on any atom is -0.481 e. The average molecular weight is 270 g/mol. The number of carboxylic acid groups (broad SMARTS) is 1. The number of amides is 1. The van der Waals surface area contributed by atoms with Crippen molar-refractivity contribution in [3.63, 3.8) is 0 Å². The Hall–Kier alpha value is -1.47. The van der Waals surface area contributed by atoms with E-state index in [4.69, 9.17) is 9.84 Å². The van der Waals surface area contributed by atoms with E-state index >= 15 is 0 Å². The lowest BCUT2D eigenvalue weighted by Crippen LogP contribution is -2.25. The van der Waals surface area contributed by atoms with Crippen LogP contribution in [-0.4, -0.2) is 35.1 Å². The van der Waals surface area contributed by atoms with E-state index in [1.807, 2.05) is 0 Å². The van der Waals surface area contributed by atoms with E-state index in [9.17, 15) is 9.59 Å². The quantitative estimate of drug-likeness (QED) is 0.839. The molecule has 7 heteroatoms. The van der Waals surface area contributed by atoms with Crippen LogP contribution in [0.3, 0.4) is 0 Å². The zero-order chi connectivity index (χ0) is 13.0. The molecule has 1 aliphatic heterocycles. The van der Waals surface area contributed by atoms with Crippen LogP contribution in [0.5, 0.6) is 0 Å². The van der Waals surface area contributed by atoms with E-state index in [0.29, 0.717) is 4.88 Å². The molecule has 0 radical (unpaired) electrons. The summed E-state index contributed by atoms with van der Waals surface area (Å²) >= 11 is 1.30. The highest BCUT2D eigenvalue weighted by atomic mass is 32.1. The van der Waals surface area contributed by atoms with Crippen LogP contribution in [-0.2, 0) is 9.53 Å². The number of hydrogen-bond donors (Lipinski definition) is 2. The Morgan fingerprint density at radius 2 is 2.44 bits per heavy atom. The largest absolute Gasteiger partial charge is 0.481 e. The second-order valence-electron chi connectivity index (χ2n) is 3.96. The van der Waals surface area contributed by atoms with Crippen molar-refractivity contribution in [1.29, 1.82) is 0 Å². The Balaban J connectivity index is 1.88. The summed E-state index contributed by atoms with van der Waals surface area (Å²) in [4.78, 5) is 26.7. The number of carboxylic acids is 1. The number of rotatable bonds is 5. The molecule has 98 valence electrons. The van der Waals surface area contributed by atoms with Crippen LogP contribution in [0.2, 0.25) is 0 Å². The maximum Gasteiger partial charge on any atom is 0.305 e. The van der Waals surface area contributed by atoms with Crippen LogP contribution >= 0.6 is 11.3 Å². The molecule has 2 N–H and O–H groups in total. The van der Waals surface area contributed by atoms with Crippen molar-refractivity contribution >= 4 is 23.2 Å². The number of nitrogens with zero attached hydrogens (tertiary/aromatic N) is 1. The lowest BCUT2D eigenvalue weighted by atomic mass is 10.2. The summed E-state index contributed by atoms with van der Waals surface area (Å²) in [6.45, 7) is 0.867. The molecule has 0 bridgehead atoms. The summed E-state index contributed by atoms with van der Waals surface area (Å²) in [6.07, 6.45) is 3.40. The highest BCUT2D eigenvalue weighted by molar-refractivity contribution is 7.13. The summed E-state index contributed by atoms with van der Waals surface area (Å²) < 4.78 is 5.48. The predicted molar refractivity (Wildman–Crippen MR) is 64.6 cm³/mol. The molecule has 0 spiro atoms. The first-order valence-electron chi connectivity index (χ1n) is 5.74. The zero-order valence-electron chi connectivity index (χ0n) is 9.72. The van der Waals surface area contributed by atoms with Gasteiger partial charge in [-0.25, -0.2) is 4.98 Å². The molecule has 1 aromatic rings. The Labute approximate surface area is 108 Å². The number of aromatic nitrogens is 1. The van der Waals surface area contributed by atoms with Gasteiger partial charge < -0.3 is 15.2 Å². The van der Waals surface area contributed by atoms with Crippen LogP contribution < -0.4 is 5.32 Å². The van der Waals surface area contributed by atoms with Crippen LogP contribution in [0.25, 0.3) is 0 Å². The van der Waals surface area contributed by atoms with Gasteiger partial charge in [-0.2, -0.15) is 0 Å². The third-order valence-corrected chi connectivity index (χ3v) is 3.67. The molecule has 0 aromatic carbocycles. The predicted octanol–water partition coefficient (Wildman–Crippen LogP) is 1.20. The molecule has 18 heavy (non-hydrogen) atoms. The van der Waals surface area contributed by atoms with Gasteiger partial charge in [0.25, 0.3) is 5.91 Å². The second kappa shape index (κ2) is 5.92. The van der Waals surface area contributed by atoms with Gasteiger partial charge in [0, 0.05) is 13.2 Å². The first-order chi connectivity index (χ1) is 8.66. The molecule has 2 heterocycles. The third kappa shape index (κ3) is 3.27. The third-order valence-electron chi connectivity index (χ3n) is 2.58. The van der Waals surface area contributed by atoms with Gasteiger partial charge in [0.1, 0.15) is 16.0 Å². The molecular weight excluding hydrogens is 256 g/mol. The minimum atomic E-state index is -0.931. The Morgan fingerprint density at radius 3 is 3.11 bits per heavy atom. The highest BCUT2D eigenvalue weighted by Gasteiger charge is 2.22. The average Bonchev–Trinajstić information content (AvgIpc) is 2.99. The molecule has 1 atom stereocenters. The fourth-order valence-corrected chi connectivity index (χ4v) is 2.60. The smallest absolute Gasteiger partial charge is 0.305 e. The van der Waals surface area contributed by atoms with E-state index in [1.54, 1.807) is 0 Å². The topological polar surface area (TPSA) is 88.5 Å². The minimum absolute atomic E-state index is 0.00979. The van der Waals surface area contributed by atoms with E-state index in [-0.39, 0.29) is 25.0 Å². The number of carbonyl (C=O) groups is 2. The van der Waals surface area contributed by atoms with Crippen molar-refractivity contribution in [3.8, 4) is 0 Å². The molecule has 2 rings (SSSR count). The SMILES string of the molecule is O=C(O)CCNC(=O)c1cnc(C2CCCO2)s1. The molecule has 0 aliphatic carbocycles. The normalized spacial score (nSPS) is 18.8. The maximum atomic E-state index is 11.7. The maximum absolute atomic E-state index is 11.7. The van der Waals surface area contributed by atoms with Crippen LogP contribution in [0.4, 0.5) is 0 Å². The van der Waals surface area contributed by atoms with Crippen molar-refractivity contribution in [2.45, 2.75) is 25.4 Å². The standard InChI is InChI=1S/C11H14N2O4S/c14-9(15)3-4-12-10(16)8-6-13-11(18-8)7-2-1-5-17-7/h6-7H,1-5H2,(H,12,16)(H,14,15). The second-order valence-corrected chi connectivity index (χ2v) is 5.03. The Kier molecular flexibility index (Phi) is 4.27. The fourth-order valence-electron chi connectivity index (χ4n) is 1.68. The lowest BCUT2D eigenvalue weighted by molar-refractivity contribution is -0.136.